The monoisotopic (exact) mass is 921 g/mol. The minimum Gasteiger partial charge on any atom is -0.354 e. The van der Waals surface area contributed by atoms with E-state index in [0.29, 0.717) is 19.5 Å². The van der Waals surface area contributed by atoms with Gasteiger partial charge in [0, 0.05) is 79.1 Å². The Morgan fingerprint density at radius 1 is 0.708 bits per heavy atom. The molecule has 2 aromatic rings. The lowest BCUT2D eigenvalue weighted by Crippen LogP contribution is -2.38. The van der Waals surface area contributed by atoms with Gasteiger partial charge in [0.1, 0.15) is 6.54 Å². The molecule has 342 valence electrons. The molecule has 3 aliphatic heterocycles. The molecule has 3 heterocycles. The Morgan fingerprint density at radius 3 is 2.08 bits per heavy atom. The average Bonchev–Trinajstić information content (AvgIpc) is 3.74. The standard InChI is InChI=1S/C50H56N4O9S2/c1-49(2)40-35-38(64(58,59)60)25-27-42(40)52(32-17-11-16-24-46(55)51-31-34-54-47(56)29-30-48(54)57)44(49)22-14-9-6-10-15-23-45-50(3,4)41-36-39(65(61,62)63)26-28-43(41)53(45)33-18-21-37-19-12-7-5-8-13-20-37/h5-10,12-15,19-20,22-23,25-30,35-36H,11,16-18,21,24,31-34H2,1-4H3,(H2-,51,55,58,59,60,61,62,63)/p+1. The number of carbonyl (C=O) groups excluding carboxylic acids is 3. The van der Waals surface area contributed by atoms with Crippen molar-refractivity contribution in [3.05, 3.63) is 156 Å². The summed E-state index contributed by atoms with van der Waals surface area (Å²) in [5.74, 6) is -0.946. The highest BCUT2D eigenvalue weighted by molar-refractivity contribution is 7.86. The molecule has 0 atom stereocenters. The fourth-order valence-electron chi connectivity index (χ4n) is 8.59. The van der Waals surface area contributed by atoms with E-state index in [9.17, 15) is 40.3 Å². The summed E-state index contributed by atoms with van der Waals surface area (Å²) in [6.45, 7) is 9.66. The second-order valence-corrected chi connectivity index (χ2v) is 20.1. The fraction of sp³-hybridized carbons (Fsp3) is 0.320. The van der Waals surface area contributed by atoms with Gasteiger partial charge in [-0.25, -0.2) is 0 Å². The third kappa shape index (κ3) is 11.6. The average molecular weight is 922 g/mol. The highest BCUT2D eigenvalue weighted by Gasteiger charge is 2.45. The molecule has 0 bridgehead atoms. The fourth-order valence-corrected chi connectivity index (χ4v) is 9.60. The largest absolute Gasteiger partial charge is 0.354 e. The van der Waals surface area contributed by atoms with Gasteiger partial charge in [0.15, 0.2) is 5.71 Å². The molecule has 0 spiro atoms. The number of fused-ring (bicyclic) bond motifs is 2. The first-order valence-corrected chi connectivity index (χ1v) is 24.6. The van der Waals surface area contributed by atoms with Gasteiger partial charge in [-0.2, -0.15) is 21.4 Å². The van der Waals surface area contributed by atoms with E-state index in [0.717, 1.165) is 64.5 Å². The molecule has 2 aromatic carbocycles. The van der Waals surface area contributed by atoms with Gasteiger partial charge in [-0.1, -0.05) is 93.2 Å². The number of rotatable bonds is 19. The number of allylic oxidation sites excluding steroid dienone is 16. The first-order valence-electron chi connectivity index (χ1n) is 21.7. The lowest BCUT2D eigenvalue weighted by molar-refractivity contribution is -0.438. The number of nitrogens with zero attached hydrogens (tertiary/aromatic N) is 3. The smallest absolute Gasteiger partial charge is 0.294 e. The highest BCUT2D eigenvalue weighted by Crippen LogP contribution is 2.48. The summed E-state index contributed by atoms with van der Waals surface area (Å²) in [6, 6.07) is 9.39. The molecule has 13 nitrogen and oxygen atoms in total. The maximum Gasteiger partial charge on any atom is 0.294 e. The van der Waals surface area contributed by atoms with Crippen LogP contribution in [0.2, 0.25) is 0 Å². The lowest BCUT2D eigenvalue weighted by atomic mass is 9.81. The zero-order chi connectivity index (χ0) is 47.0. The van der Waals surface area contributed by atoms with E-state index in [-0.39, 0.29) is 35.2 Å². The SMILES string of the molecule is CC1(C)C(=CC=CC=CC=CC2=[N+](CCCC3=CC=CC=CC=C3)c3ccc(S(=O)(=O)O)cc3C2(C)C)N(CCCCCC(=O)NCCN2C(=O)C=CC2=O)c2ccc(S(=O)(=O)O)cc21. The Bertz CT molecular complexity index is 2750. The summed E-state index contributed by atoms with van der Waals surface area (Å²) in [7, 11) is -8.83. The first-order chi connectivity index (χ1) is 30.8. The summed E-state index contributed by atoms with van der Waals surface area (Å²) in [5, 5.41) is 2.77. The minimum absolute atomic E-state index is 0.112. The maximum atomic E-state index is 12.5. The van der Waals surface area contributed by atoms with Crippen molar-refractivity contribution in [3.8, 4) is 0 Å². The normalized spacial score (nSPS) is 18.5. The number of anilines is 1. The highest BCUT2D eigenvalue weighted by atomic mass is 32.2. The Hall–Kier alpha value is -6.00. The predicted molar refractivity (Wildman–Crippen MR) is 253 cm³/mol. The number of benzene rings is 2. The summed E-state index contributed by atoms with van der Waals surface area (Å²) in [5.41, 5.74) is 5.21. The quantitative estimate of drug-likeness (QED) is 0.0412. The van der Waals surface area contributed by atoms with Gasteiger partial charge in [0.05, 0.1) is 15.2 Å². The molecule has 3 amide bonds. The number of hydrogen-bond acceptors (Lipinski definition) is 8. The molecular formula is C50H57N4O9S2+. The van der Waals surface area contributed by atoms with Gasteiger partial charge in [0.2, 0.25) is 11.6 Å². The van der Waals surface area contributed by atoms with Crippen molar-refractivity contribution < 1.29 is 44.9 Å². The number of unbranched alkanes of at least 4 members (excludes halogenated alkanes) is 2. The molecule has 0 aromatic heterocycles. The van der Waals surface area contributed by atoms with E-state index in [2.05, 4.69) is 26.9 Å². The Balaban J connectivity index is 1.14. The molecule has 0 unspecified atom stereocenters. The van der Waals surface area contributed by atoms with Crippen molar-refractivity contribution in [2.75, 3.05) is 31.1 Å². The lowest BCUT2D eigenvalue weighted by Gasteiger charge is -2.27. The number of hydrogen-bond donors (Lipinski definition) is 3. The number of nitrogens with one attached hydrogen (secondary N) is 1. The van der Waals surface area contributed by atoms with E-state index in [1.54, 1.807) is 18.2 Å². The number of amides is 3. The topological polar surface area (TPSA) is 181 Å². The van der Waals surface area contributed by atoms with Crippen LogP contribution in [-0.2, 0) is 45.4 Å². The van der Waals surface area contributed by atoms with Crippen molar-refractivity contribution in [1.82, 2.24) is 10.2 Å². The van der Waals surface area contributed by atoms with Gasteiger partial charge in [-0.05, 0) is 80.7 Å². The molecule has 0 saturated heterocycles. The molecule has 6 rings (SSSR count). The Labute approximate surface area is 382 Å². The molecule has 1 aliphatic carbocycles. The van der Waals surface area contributed by atoms with Gasteiger partial charge in [-0.3, -0.25) is 28.4 Å². The number of carbonyl (C=O) groups is 3. The van der Waals surface area contributed by atoms with Crippen LogP contribution in [0.15, 0.2) is 155 Å². The summed E-state index contributed by atoms with van der Waals surface area (Å²) < 4.78 is 70.4. The molecule has 0 fully saturated rings. The van der Waals surface area contributed by atoms with Crippen molar-refractivity contribution in [3.63, 3.8) is 0 Å². The van der Waals surface area contributed by atoms with Gasteiger partial charge in [-0.15, -0.1) is 0 Å². The zero-order valence-electron chi connectivity index (χ0n) is 37.2. The van der Waals surface area contributed by atoms with Crippen molar-refractivity contribution in [2.24, 2.45) is 0 Å². The molecule has 0 radical (unpaired) electrons. The summed E-state index contributed by atoms with van der Waals surface area (Å²) in [4.78, 5) is 38.9. The van der Waals surface area contributed by atoms with Crippen LogP contribution < -0.4 is 10.2 Å². The summed E-state index contributed by atoms with van der Waals surface area (Å²) in [6.07, 6.45) is 34.3. The van der Waals surface area contributed by atoms with Crippen LogP contribution in [0, 0.1) is 0 Å². The van der Waals surface area contributed by atoms with Crippen molar-refractivity contribution in [1.29, 1.82) is 0 Å². The summed E-state index contributed by atoms with van der Waals surface area (Å²) >= 11 is 0. The van der Waals surface area contributed by atoms with Crippen LogP contribution in [0.1, 0.15) is 77.3 Å². The van der Waals surface area contributed by atoms with Crippen LogP contribution in [0.25, 0.3) is 0 Å². The predicted octanol–water partition coefficient (Wildman–Crippen LogP) is 7.90. The van der Waals surface area contributed by atoms with E-state index in [4.69, 9.17) is 0 Å². The van der Waals surface area contributed by atoms with E-state index < -0.39 is 42.9 Å². The molecular weight excluding hydrogens is 865 g/mol. The third-order valence-corrected chi connectivity index (χ3v) is 13.7. The minimum atomic E-state index is -4.43. The van der Waals surface area contributed by atoms with E-state index >= 15 is 0 Å². The van der Waals surface area contributed by atoms with Crippen LogP contribution >= 0.6 is 0 Å². The molecule has 15 heteroatoms. The molecule has 3 N–H and O–H groups in total. The van der Waals surface area contributed by atoms with Crippen molar-refractivity contribution in [2.45, 2.75) is 86.8 Å². The zero-order valence-corrected chi connectivity index (χ0v) is 38.8. The first kappa shape index (κ1) is 48.5. The van der Waals surface area contributed by atoms with Crippen LogP contribution in [-0.4, -0.2) is 85.0 Å². The van der Waals surface area contributed by atoms with Gasteiger partial charge in [0.25, 0.3) is 32.1 Å². The van der Waals surface area contributed by atoms with Crippen LogP contribution in [0.3, 0.4) is 0 Å². The third-order valence-electron chi connectivity index (χ3n) is 12.0. The van der Waals surface area contributed by atoms with Crippen LogP contribution in [0.5, 0.6) is 0 Å². The van der Waals surface area contributed by atoms with Gasteiger partial charge >= 0.3 is 0 Å². The van der Waals surface area contributed by atoms with Crippen LogP contribution in [0.4, 0.5) is 11.4 Å². The van der Waals surface area contributed by atoms with Crippen molar-refractivity contribution >= 4 is 55.0 Å². The number of imide groups is 1. The van der Waals surface area contributed by atoms with E-state index in [1.807, 2.05) is 101 Å². The second kappa shape index (κ2) is 20.4. The van der Waals surface area contributed by atoms with E-state index in [1.165, 1.54) is 35.9 Å². The molecule has 4 aliphatic rings. The van der Waals surface area contributed by atoms with Gasteiger partial charge < -0.3 is 10.2 Å². The second-order valence-electron chi connectivity index (χ2n) is 17.2. The molecule has 0 saturated carbocycles. The maximum absolute atomic E-state index is 12.5. The Morgan fingerprint density at radius 2 is 1.35 bits per heavy atom. The Kier molecular flexibility index (Phi) is 15.2. The molecule has 65 heavy (non-hydrogen) atoms.